The first-order chi connectivity index (χ1) is 13.4. The van der Waals surface area contributed by atoms with Gasteiger partial charge in [0, 0.05) is 11.1 Å². The molecule has 1 heterocycles. The lowest BCUT2D eigenvalue weighted by molar-refractivity contribution is 0.584. The lowest BCUT2D eigenvalue weighted by Gasteiger charge is -2.16. The molecule has 154 valence electrons. The van der Waals surface area contributed by atoms with Gasteiger partial charge in [0.1, 0.15) is 15.3 Å². The Bertz CT molecular complexity index is 1360. The molecule has 0 bridgehead atoms. The average Bonchev–Trinajstić information content (AvgIpc) is 2.99. The van der Waals surface area contributed by atoms with E-state index in [9.17, 15) is 16.8 Å². The van der Waals surface area contributed by atoms with Gasteiger partial charge in [-0.2, -0.15) is 4.98 Å². The minimum atomic E-state index is -4.65. The third-order valence-electron chi connectivity index (χ3n) is 3.88. The van der Waals surface area contributed by atoms with Crippen LogP contribution < -0.4 is 33.1 Å². The molecule has 0 spiro atoms. The van der Waals surface area contributed by atoms with Crippen LogP contribution in [0.1, 0.15) is 5.56 Å². The highest BCUT2D eigenvalue weighted by Crippen LogP contribution is 2.36. The Balaban J connectivity index is 2.56. The summed E-state index contributed by atoms with van der Waals surface area (Å²) in [5.74, 6) is 4.68. The van der Waals surface area contributed by atoms with Crippen LogP contribution in [0.3, 0.4) is 0 Å². The molecule has 3 rings (SSSR count). The number of benzene rings is 2. The minimum Gasteiger partial charge on any atom is -0.424 e. The number of rotatable bonds is 5. The summed E-state index contributed by atoms with van der Waals surface area (Å²) in [5.41, 5.74) is 14.1. The number of nitrogens with two attached hydrogens (primary N) is 5. The third kappa shape index (κ3) is 3.71. The van der Waals surface area contributed by atoms with Gasteiger partial charge < -0.3 is 15.9 Å². The molecule has 11 N–H and O–H groups in total. The summed E-state index contributed by atoms with van der Waals surface area (Å²) in [6.45, 7) is 0. The number of nitrogens with one attached hydrogen (secondary N) is 1. The van der Waals surface area contributed by atoms with E-state index in [1.165, 1.54) is 6.07 Å². The molecule has 0 radical (unpaired) electrons. The number of nitrogens with zero attached hydrogens (tertiary/aromatic N) is 2. The fourth-order valence-electron chi connectivity index (χ4n) is 2.86. The van der Waals surface area contributed by atoms with E-state index in [0.29, 0.717) is 11.1 Å². The van der Waals surface area contributed by atoms with Crippen molar-refractivity contribution in [2.45, 2.75) is 9.79 Å². The Labute approximate surface area is 164 Å². The van der Waals surface area contributed by atoms with Crippen LogP contribution >= 0.6 is 0 Å². The van der Waals surface area contributed by atoms with Crippen molar-refractivity contribution in [3.8, 4) is 11.1 Å². The quantitative estimate of drug-likeness (QED) is 0.115. The minimum absolute atomic E-state index is 0.122. The van der Waals surface area contributed by atoms with Gasteiger partial charge in [0.2, 0.25) is 20.0 Å². The molecule has 29 heavy (non-hydrogen) atoms. The number of aromatic nitrogens is 1. The van der Waals surface area contributed by atoms with Crippen molar-refractivity contribution in [3.05, 3.63) is 35.9 Å². The maximum absolute atomic E-state index is 12.3. The SMILES string of the molecule is NN/N=C(\N)c1c(-c2cccc3oc(N)nc23)ccc(S(N)(=O)=O)c1S(N)(=O)=O. The van der Waals surface area contributed by atoms with Gasteiger partial charge in [0.05, 0.1) is 0 Å². The molecule has 0 atom stereocenters. The standard InChI is InChI=1S/C14H16N8O5S2/c15-13(21-22-17)10-6(7-2-1-3-8-11(7)20-14(16)27-8)4-5-9(28(18,23)24)12(10)29(19,25)26/h1-5,22H,17H2,(H2,15,21)(H2,16,20)(H2,18,23,24)(H2,19,25,26). The maximum Gasteiger partial charge on any atom is 0.293 e. The molecule has 15 heteroatoms. The molecule has 0 aliphatic heterocycles. The van der Waals surface area contributed by atoms with E-state index in [-0.39, 0.29) is 22.7 Å². The molecule has 0 amide bonds. The number of nitrogen functional groups attached to an aromatic ring is 1. The van der Waals surface area contributed by atoms with Crippen LogP contribution in [0.25, 0.3) is 22.2 Å². The predicted molar refractivity (Wildman–Crippen MR) is 105 cm³/mol. The van der Waals surface area contributed by atoms with Crippen LogP contribution in [0.15, 0.2) is 49.6 Å². The van der Waals surface area contributed by atoms with Crippen molar-refractivity contribution in [1.82, 2.24) is 10.5 Å². The van der Waals surface area contributed by atoms with Crippen molar-refractivity contribution in [2.75, 3.05) is 5.73 Å². The van der Waals surface area contributed by atoms with Crippen molar-refractivity contribution in [1.29, 1.82) is 0 Å². The molecule has 0 saturated heterocycles. The molecule has 0 aliphatic carbocycles. The summed E-state index contributed by atoms with van der Waals surface area (Å²) < 4.78 is 53.9. The highest BCUT2D eigenvalue weighted by Gasteiger charge is 2.30. The fraction of sp³-hybridized carbons (Fsp3) is 0. The van der Waals surface area contributed by atoms with Crippen molar-refractivity contribution < 1.29 is 21.3 Å². The van der Waals surface area contributed by atoms with Gasteiger partial charge in [-0.15, -0.1) is 5.10 Å². The molecule has 0 saturated carbocycles. The summed E-state index contributed by atoms with van der Waals surface area (Å²) >= 11 is 0. The van der Waals surface area contributed by atoms with Gasteiger partial charge in [-0.25, -0.2) is 38.5 Å². The Kier molecular flexibility index (Phi) is 4.93. The molecule has 0 fully saturated rings. The van der Waals surface area contributed by atoms with E-state index in [4.69, 9.17) is 32.0 Å². The van der Waals surface area contributed by atoms with Crippen LogP contribution in [0, 0.1) is 0 Å². The number of hydrazone groups is 1. The van der Waals surface area contributed by atoms with Gasteiger partial charge in [-0.05, 0) is 17.7 Å². The van der Waals surface area contributed by atoms with E-state index in [0.717, 1.165) is 6.07 Å². The molecule has 1 aromatic heterocycles. The second-order valence-corrected chi connectivity index (χ2v) is 8.76. The number of fused-ring (bicyclic) bond motifs is 1. The van der Waals surface area contributed by atoms with Crippen LogP contribution in [-0.4, -0.2) is 27.7 Å². The Morgan fingerprint density at radius 1 is 1.03 bits per heavy atom. The first-order valence-electron chi connectivity index (χ1n) is 7.62. The topological polar surface area (TPSA) is 249 Å². The van der Waals surface area contributed by atoms with Gasteiger partial charge in [-0.1, -0.05) is 18.2 Å². The predicted octanol–water partition coefficient (Wildman–Crippen LogP) is -1.54. The number of hydrazine groups is 1. The van der Waals surface area contributed by atoms with Gasteiger partial charge in [-0.3, -0.25) is 0 Å². The summed E-state index contributed by atoms with van der Waals surface area (Å²) in [7, 11) is -9.15. The van der Waals surface area contributed by atoms with E-state index >= 15 is 0 Å². The summed E-state index contributed by atoms with van der Waals surface area (Å²) in [6.07, 6.45) is 0. The number of sulfonamides is 2. The number of amidine groups is 1. The number of anilines is 1. The number of primary sulfonamides is 2. The van der Waals surface area contributed by atoms with Gasteiger partial charge in [0.15, 0.2) is 11.4 Å². The lowest BCUT2D eigenvalue weighted by atomic mass is 9.98. The zero-order valence-electron chi connectivity index (χ0n) is 14.5. The molecule has 0 unspecified atom stereocenters. The summed E-state index contributed by atoms with van der Waals surface area (Å²) in [5, 5.41) is 14.0. The van der Waals surface area contributed by atoms with Crippen molar-refractivity contribution in [2.24, 2.45) is 27.0 Å². The number of hydrogen-bond donors (Lipinski definition) is 6. The smallest absolute Gasteiger partial charge is 0.293 e. The molecule has 3 aromatic rings. The maximum atomic E-state index is 12.3. The van der Waals surface area contributed by atoms with Gasteiger partial charge >= 0.3 is 0 Å². The number of oxazole rings is 1. The first kappa shape index (κ1) is 20.5. The largest absolute Gasteiger partial charge is 0.424 e. The zero-order chi connectivity index (χ0) is 21.6. The van der Waals surface area contributed by atoms with E-state index in [1.807, 2.05) is 5.53 Å². The van der Waals surface area contributed by atoms with E-state index in [1.54, 1.807) is 18.2 Å². The molecular formula is C14H16N8O5S2. The van der Waals surface area contributed by atoms with Crippen molar-refractivity contribution >= 4 is 43.0 Å². The number of hydrogen-bond acceptors (Lipinski definition) is 10. The lowest BCUT2D eigenvalue weighted by Crippen LogP contribution is -2.29. The second-order valence-electron chi connectivity index (χ2n) is 5.74. The molecule has 2 aromatic carbocycles. The summed E-state index contributed by atoms with van der Waals surface area (Å²) in [6, 6.07) is 6.87. The van der Waals surface area contributed by atoms with Gasteiger partial charge in [0.25, 0.3) is 6.01 Å². The molecular weight excluding hydrogens is 424 g/mol. The van der Waals surface area contributed by atoms with E-state index in [2.05, 4.69) is 10.1 Å². The van der Waals surface area contributed by atoms with Crippen molar-refractivity contribution in [3.63, 3.8) is 0 Å². The highest BCUT2D eigenvalue weighted by atomic mass is 32.2. The number of para-hydroxylation sites is 1. The summed E-state index contributed by atoms with van der Waals surface area (Å²) in [4.78, 5) is 2.46. The second kappa shape index (κ2) is 6.98. The third-order valence-corrected chi connectivity index (χ3v) is 5.95. The monoisotopic (exact) mass is 440 g/mol. The molecule has 0 aliphatic rings. The Morgan fingerprint density at radius 3 is 2.31 bits per heavy atom. The van der Waals surface area contributed by atoms with Crippen LogP contribution in [0.2, 0.25) is 0 Å². The van der Waals surface area contributed by atoms with Crippen LogP contribution in [0.5, 0.6) is 0 Å². The van der Waals surface area contributed by atoms with E-state index < -0.39 is 35.7 Å². The Hall–Kier alpha value is -3.24. The van der Waals surface area contributed by atoms with Crippen LogP contribution in [0.4, 0.5) is 6.01 Å². The average molecular weight is 440 g/mol. The normalized spacial score (nSPS) is 13.0. The Morgan fingerprint density at radius 2 is 1.72 bits per heavy atom. The van der Waals surface area contributed by atoms with Crippen LogP contribution in [-0.2, 0) is 20.0 Å². The first-order valence-corrected chi connectivity index (χ1v) is 10.7. The zero-order valence-corrected chi connectivity index (χ0v) is 16.2. The fourth-order valence-corrected chi connectivity index (χ4v) is 5.02. The highest BCUT2D eigenvalue weighted by molar-refractivity contribution is 7.92. The molecule has 13 nitrogen and oxygen atoms in total.